The second kappa shape index (κ2) is 12.6. The topological polar surface area (TPSA) is 92.7 Å². The Kier molecular flexibility index (Phi) is 10.1. The van der Waals surface area contributed by atoms with Crippen molar-refractivity contribution in [2.75, 3.05) is 6.54 Å². The minimum atomic E-state index is -0.932. The van der Waals surface area contributed by atoms with Gasteiger partial charge in [-0.1, -0.05) is 38.0 Å². The van der Waals surface area contributed by atoms with Crippen molar-refractivity contribution in [2.24, 2.45) is 11.8 Å². The number of aliphatic carboxylic acids is 1. The molecule has 2 heterocycles. The number of ketones is 1. The smallest absolute Gasteiger partial charge is 0.327 e. The van der Waals surface area contributed by atoms with Crippen LogP contribution in [0.2, 0.25) is 0 Å². The fraction of sp³-hybridized carbons (Fsp3) is 0.696. The van der Waals surface area contributed by atoms with E-state index in [2.05, 4.69) is 18.3 Å². The average Bonchev–Trinajstić information content (AvgIpc) is 3.29. The molecule has 2 N–H and O–H groups in total. The van der Waals surface area contributed by atoms with Crippen molar-refractivity contribution in [2.45, 2.75) is 83.3 Å². The molecule has 162 valence electrons. The second-order valence-electron chi connectivity index (χ2n) is 8.10. The first kappa shape index (κ1) is 23.3. The summed E-state index contributed by atoms with van der Waals surface area (Å²) in [6.07, 6.45) is 15.1. The molecular weight excluding hydrogens is 370 g/mol. The number of amides is 1. The van der Waals surface area contributed by atoms with E-state index in [1.54, 1.807) is 6.08 Å². The van der Waals surface area contributed by atoms with Crippen LogP contribution in [0.25, 0.3) is 0 Å². The second-order valence-corrected chi connectivity index (χ2v) is 8.10. The predicted molar refractivity (Wildman–Crippen MR) is 111 cm³/mol. The van der Waals surface area contributed by atoms with Gasteiger partial charge in [0.1, 0.15) is 5.78 Å². The van der Waals surface area contributed by atoms with Crippen molar-refractivity contribution in [3.63, 3.8) is 0 Å². The number of unbranched alkanes of at least 4 members (excludes halogenated alkanes) is 2. The summed E-state index contributed by atoms with van der Waals surface area (Å²) in [7, 11) is 0. The quantitative estimate of drug-likeness (QED) is 0.260. The van der Waals surface area contributed by atoms with Crippen molar-refractivity contribution >= 4 is 17.7 Å². The molecule has 1 amide bonds. The van der Waals surface area contributed by atoms with Gasteiger partial charge < -0.3 is 15.2 Å². The Balaban J connectivity index is 1.70. The van der Waals surface area contributed by atoms with Gasteiger partial charge in [0.2, 0.25) is 5.91 Å². The van der Waals surface area contributed by atoms with Gasteiger partial charge in [0.15, 0.2) is 0 Å². The Labute approximate surface area is 173 Å². The normalized spacial score (nSPS) is 25.8. The highest BCUT2D eigenvalue weighted by atomic mass is 16.5. The van der Waals surface area contributed by atoms with Crippen LogP contribution < -0.4 is 5.32 Å². The van der Waals surface area contributed by atoms with Crippen LogP contribution >= 0.6 is 0 Å². The number of fused-ring (bicyclic) bond motifs is 2. The number of carbonyl (C=O) groups excluding carboxylic acids is 2. The van der Waals surface area contributed by atoms with Crippen LogP contribution in [-0.4, -0.2) is 41.5 Å². The van der Waals surface area contributed by atoms with Crippen molar-refractivity contribution < 1.29 is 24.2 Å². The number of nitrogens with one attached hydrogen (secondary N) is 1. The molecule has 4 atom stereocenters. The van der Waals surface area contributed by atoms with Crippen LogP contribution in [0.5, 0.6) is 0 Å². The van der Waals surface area contributed by atoms with Crippen LogP contribution in [0.3, 0.4) is 0 Å². The standard InChI is InChI=1S/C23H35NO5/c1-2-3-6-9-17(25)12-15-22(26)24-16-19-18(20-13-14-21(19)29-20)10-7-4-5-8-11-23(27)28/h4,7-8,11,18-21H,2-3,5-6,9-10,12-16H2,1H3,(H,24,26)(H,27,28)/t18-,19+,20-,21+/m1/s1. The molecule has 6 heteroatoms. The van der Waals surface area contributed by atoms with E-state index in [1.165, 1.54) is 0 Å². The lowest BCUT2D eigenvalue weighted by Crippen LogP contribution is -2.38. The zero-order valence-electron chi connectivity index (χ0n) is 17.5. The molecule has 0 aliphatic carbocycles. The molecule has 2 aliphatic heterocycles. The predicted octanol–water partition coefficient (Wildman–Crippen LogP) is 3.80. The number of carbonyl (C=O) groups is 3. The first-order valence-electron chi connectivity index (χ1n) is 11.0. The Morgan fingerprint density at radius 2 is 1.76 bits per heavy atom. The molecule has 0 aromatic rings. The Morgan fingerprint density at radius 3 is 2.48 bits per heavy atom. The number of carboxylic acids is 1. The fourth-order valence-corrected chi connectivity index (χ4v) is 4.35. The van der Waals surface area contributed by atoms with Crippen LogP contribution in [0.1, 0.15) is 71.1 Å². The van der Waals surface area contributed by atoms with Crippen LogP contribution in [0.4, 0.5) is 0 Å². The molecule has 0 aromatic heterocycles. The van der Waals surface area contributed by atoms with Gasteiger partial charge in [-0.25, -0.2) is 4.79 Å². The van der Waals surface area contributed by atoms with Gasteiger partial charge in [-0.2, -0.15) is 0 Å². The van der Waals surface area contributed by atoms with E-state index in [0.717, 1.165) is 44.6 Å². The van der Waals surface area contributed by atoms with Gasteiger partial charge in [-0.3, -0.25) is 9.59 Å². The maximum absolute atomic E-state index is 12.2. The molecule has 2 aliphatic rings. The van der Waals surface area contributed by atoms with Gasteiger partial charge in [0.05, 0.1) is 12.2 Å². The Bertz CT molecular complexity index is 612. The first-order chi connectivity index (χ1) is 14.0. The van der Waals surface area contributed by atoms with E-state index >= 15 is 0 Å². The highest BCUT2D eigenvalue weighted by molar-refractivity contribution is 5.84. The molecule has 0 unspecified atom stereocenters. The first-order valence-corrected chi connectivity index (χ1v) is 11.0. The molecule has 0 spiro atoms. The summed E-state index contributed by atoms with van der Waals surface area (Å²) in [5.41, 5.74) is 0. The fourth-order valence-electron chi connectivity index (χ4n) is 4.35. The number of hydrogen-bond acceptors (Lipinski definition) is 4. The van der Waals surface area contributed by atoms with Gasteiger partial charge in [-0.05, 0) is 38.0 Å². The third-order valence-electron chi connectivity index (χ3n) is 5.92. The third-order valence-corrected chi connectivity index (χ3v) is 5.92. The van der Waals surface area contributed by atoms with Gasteiger partial charge in [-0.15, -0.1) is 0 Å². The zero-order valence-corrected chi connectivity index (χ0v) is 17.5. The molecule has 0 aromatic carbocycles. The summed E-state index contributed by atoms with van der Waals surface area (Å²) in [5, 5.41) is 11.6. The molecule has 0 saturated carbocycles. The SMILES string of the molecule is CCCCCC(=O)CCC(=O)NC[C@H]1[C@@H](CC=CCC=CC(=O)O)[C@H]2CC[C@@H]1O2. The van der Waals surface area contributed by atoms with Crippen molar-refractivity contribution in [3.05, 3.63) is 24.3 Å². The van der Waals surface area contributed by atoms with E-state index < -0.39 is 5.97 Å². The lowest BCUT2D eigenvalue weighted by atomic mass is 9.77. The van der Waals surface area contributed by atoms with Crippen molar-refractivity contribution in [1.82, 2.24) is 5.32 Å². The third kappa shape index (κ3) is 8.13. The van der Waals surface area contributed by atoms with Gasteiger partial charge in [0, 0.05) is 37.8 Å². The van der Waals surface area contributed by atoms with E-state index in [-0.39, 0.29) is 30.3 Å². The summed E-state index contributed by atoms with van der Waals surface area (Å²) in [6.45, 7) is 2.71. The minimum Gasteiger partial charge on any atom is -0.478 e. The molecule has 6 nitrogen and oxygen atoms in total. The number of rotatable bonds is 14. The van der Waals surface area contributed by atoms with Gasteiger partial charge in [0.25, 0.3) is 0 Å². The Morgan fingerprint density at radius 1 is 1.00 bits per heavy atom. The zero-order chi connectivity index (χ0) is 21.1. The van der Waals surface area contributed by atoms with Crippen LogP contribution in [0.15, 0.2) is 24.3 Å². The van der Waals surface area contributed by atoms with E-state index in [4.69, 9.17) is 9.84 Å². The van der Waals surface area contributed by atoms with E-state index in [9.17, 15) is 14.4 Å². The monoisotopic (exact) mass is 405 g/mol. The highest BCUT2D eigenvalue weighted by Gasteiger charge is 2.47. The maximum atomic E-state index is 12.2. The molecule has 2 rings (SSSR count). The van der Waals surface area contributed by atoms with Gasteiger partial charge >= 0.3 is 5.97 Å². The number of carboxylic acid groups (broad SMARTS) is 1. The van der Waals surface area contributed by atoms with E-state index in [1.807, 2.05) is 6.08 Å². The summed E-state index contributed by atoms with van der Waals surface area (Å²) >= 11 is 0. The minimum absolute atomic E-state index is 0.0512. The van der Waals surface area contributed by atoms with E-state index in [0.29, 0.717) is 37.6 Å². The number of ether oxygens (including phenoxy) is 1. The maximum Gasteiger partial charge on any atom is 0.327 e. The number of Topliss-reactive ketones (excluding diaryl/α,β-unsaturated/α-hetero) is 1. The number of hydrogen-bond donors (Lipinski definition) is 2. The summed E-state index contributed by atoms with van der Waals surface area (Å²) in [5.74, 6) is -0.124. The number of allylic oxidation sites excluding steroid dienone is 3. The molecule has 29 heavy (non-hydrogen) atoms. The molecule has 2 saturated heterocycles. The highest BCUT2D eigenvalue weighted by Crippen LogP contribution is 2.44. The Hall–Kier alpha value is -1.95. The van der Waals surface area contributed by atoms with Crippen molar-refractivity contribution in [3.8, 4) is 0 Å². The molecule has 0 radical (unpaired) electrons. The molecule has 2 fully saturated rings. The molecule has 2 bridgehead atoms. The summed E-state index contributed by atoms with van der Waals surface area (Å²) < 4.78 is 6.06. The lowest BCUT2D eigenvalue weighted by molar-refractivity contribution is -0.131. The lowest BCUT2D eigenvalue weighted by Gasteiger charge is -2.27. The summed E-state index contributed by atoms with van der Waals surface area (Å²) in [6, 6.07) is 0. The largest absolute Gasteiger partial charge is 0.478 e. The average molecular weight is 406 g/mol. The molecular formula is C23H35NO5. The van der Waals surface area contributed by atoms with Crippen LogP contribution in [-0.2, 0) is 19.1 Å². The van der Waals surface area contributed by atoms with Crippen LogP contribution in [0, 0.1) is 11.8 Å². The summed E-state index contributed by atoms with van der Waals surface area (Å²) in [4.78, 5) is 34.4. The van der Waals surface area contributed by atoms with Crippen molar-refractivity contribution in [1.29, 1.82) is 0 Å².